The molecule has 0 aromatic carbocycles. The maximum absolute atomic E-state index is 12.0. The Hall–Kier alpha value is -1.70. The van der Waals surface area contributed by atoms with Gasteiger partial charge < -0.3 is 14.5 Å². The Bertz CT molecular complexity index is 659. The largest absolute Gasteiger partial charge is 0.459 e. The first-order valence-electron chi connectivity index (χ1n) is 8.37. The summed E-state index contributed by atoms with van der Waals surface area (Å²) < 4.78 is 11.2. The van der Waals surface area contributed by atoms with E-state index in [1.165, 1.54) is 6.26 Å². The highest BCUT2D eigenvalue weighted by Gasteiger charge is 2.42. The van der Waals surface area contributed by atoms with Crippen LogP contribution >= 0.6 is 11.3 Å². The maximum atomic E-state index is 12.0. The molecule has 128 valence electrons. The highest BCUT2D eigenvalue weighted by Crippen LogP contribution is 2.35. The minimum absolute atomic E-state index is 0.154. The molecule has 3 atom stereocenters. The van der Waals surface area contributed by atoms with Crippen molar-refractivity contribution in [3.8, 4) is 0 Å². The van der Waals surface area contributed by atoms with E-state index in [0.717, 1.165) is 37.5 Å². The number of hydrogen-bond acceptors (Lipinski definition) is 6. The van der Waals surface area contributed by atoms with Crippen molar-refractivity contribution in [3.05, 3.63) is 40.7 Å². The molecule has 2 aliphatic rings. The lowest BCUT2D eigenvalue weighted by Gasteiger charge is -2.38. The van der Waals surface area contributed by atoms with Gasteiger partial charge in [-0.15, -0.1) is 11.3 Å². The monoisotopic (exact) mass is 347 g/mol. The quantitative estimate of drug-likeness (QED) is 0.898. The van der Waals surface area contributed by atoms with Gasteiger partial charge >= 0.3 is 0 Å². The van der Waals surface area contributed by atoms with Gasteiger partial charge in [-0.3, -0.25) is 9.69 Å². The SMILES string of the molecule is O=C(NC[C@@H]1CC[C@@H]2[C@@H]1OCCN2Cc1nccs1)c1ccco1. The topological polar surface area (TPSA) is 67.6 Å². The normalized spacial score (nSPS) is 27.1. The molecule has 24 heavy (non-hydrogen) atoms. The van der Waals surface area contributed by atoms with E-state index in [9.17, 15) is 4.79 Å². The Balaban J connectivity index is 1.35. The fourth-order valence-electron chi connectivity index (χ4n) is 3.77. The van der Waals surface area contributed by atoms with Crippen molar-refractivity contribution < 1.29 is 13.9 Å². The van der Waals surface area contributed by atoms with E-state index in [1.807, 2.05) is 11.6 Å². The summed E-state index contributed by atoms with van der Waals surface area (Å²) in [5, 5.41) is 6.16. The summed E-state index contributed by atoms with van der Waals surface area (Å²) in [5.74, 6) is 0.561. The van der Waals surface area contributed by atoms with Gasteiger partial charge in [-0.05, 0) is 25.0 Å². The number of fused-ring (bicyclic) bond motifs is 1. The minimum atomic E-state index is -0.154. The summed E-state index contributed by atoms with van der Waals surface area (Å²) in [5.41, 5.74) is 0. The van der Waals surface area contributed by atoms with Crippen LogP contribution in [0.25, 0.3) is 0 Å². The van der Waals surface area contributed by atoms with Gasteiger partial charge in [-0.1, -0.05) is 0 Å². The molecule has 6 nitrogen and oxygen atoms in total. The van der Waals surface area contributed by atoms with Gasteiger partial charge in [-0.25, -0.2) is 4.98 Å². The second-order valence-electron chi connectivity index (χ2n) is 6.32. The van der Waals surface area contributed by atoms with Gasteiger partial charge in [0, 0.05) is 36.6 Å². The highest BCUT2D eigenvalue weighted by molar-refractivity contribution is 7.09. The van der Waals surface area contributed by atoms with Crippen LogP contribution in [0.3, 0.4) is 0 Å². The van der Waals surface area contributed by atoms with Crippen LogP contribution in [-0.2, 0) is 11.3 Å². The third kappa shape index (κ3) is 3.24. The maximum Gasteiger partial charge on any atom is 0.286 e. The molecule has 7 heteroatoms. The number of ether oxygens (including phenoxy) is 1. The second kappa shape index (κ2) is 7.04. The van der Waals surface area contributed by atoms with E-state index in [4.69, 9.17) is 9.15 Å². The van der Waals surface area contributed by atoms with Gasteiger partial charge in [0.2, 0.25) is 0 Å². The molecule has 1 saturated carbocycles. The van der Waals surface area contributed by atoms with Crippen molar-refractivity contribution in [2.45, 2.75) is 31.5 Å². The molecule has 0 spiro atoms. The molecule has 3 heterocycles. The molecule has 1 aliphatic carbocycles. The molecule has 2 fully saturated rings. The molecule has 1 aliphatic heterocycles. The van der Waals surface area contributed by atoms with Crippen LogP contribution in [0, 0.1) is 5.92 Å². The predicted octanol–water partition coefficient (Wildman–Crippen LogP) is 2.15. The van der Waals surface area contributed by atoms with E-state index in [-0.39, 0.29) is 12.0 Å². The van der Waals surface area contributed by atoms with E-state index in [2.05, 4.69) is 15.2 Å². The number of carbonyl (C=O) groups excluding carboxylic acids is 1. The summed E-state index contributed by atoms with van der Waals surface area (Å²) in [6, 6.07) is 3.83. The zero-order valence-electron chi connectivity index (χ0n) is 13.4. The fourth-order valence-corrected chi connectivity index (χ4v) is 4.42. The zero-order valence-corrected chi connectivity index (χ0v) is 14.2. The van der Waals surface area contributed by atoms with Gasteiger partial charge in [0.1, 0.15) is 5.01 Å². The van der Waals surface area contributed by atoms with Gasteiger partial charge in [0.25, 0.3) is 5.91 Å². The van der Waals surface area contributed by atoms with Crippen molar-refractivity contribution in [2.75, 3.05) is 19.7 Å². The van der Waals surface area contributed by atoms with E-state index >= 15 is 0 Å². The lowest BCUT2D eigenvalue weighted by molar-refractivity contribution is -0.0757. The number of carbonyl (C=O) groups is 1. The third-order valence-electron chi connectivity index (χ3n) is 4.93. The van der Waals surface area contributed by atoms with Crippen molar-refractivity contribution in [1.82, 2.24) is 15.2 Å². The number of hydrogen-bond donors (Lipinski definition) is 1. The average Bonchev–Trinajstić information content (AvgIpc) is 3.34. The number of nitrogens with zero attached hydrogens (tertiary/aromatic N) is 2. The minimum Gasteiger partial charge on any atom is -0.459 e. The van der Waals surface area contributed by atoms with Crippen LogP contribution in [0.15, 0.2) is 34.4 Å². The molecule has 2 aromatic heterocycles. The molecule has 0 radical (unpaired) electrons. The number of thiazole rings is 1. The lowest BCUT2D eigenvalue weighted by atomic mass is 10.0. The number of rotatable bonds is 5. The molecule has 1 amide bonds. The van der Waals surface area contributed by atoms with Crippen molar-refractivity contribution in [1.29, 1.82) is 0 Å². The summed E-state index contributed by atoms with van der Waals surface area (Å²) in [4.78, 5) is 18.9. The standard InChI is InChI=1S/C17H21N3O3S/c21-17(14-2-1-7-22-14)19-10-12-3-4-13-16(12)23-8-6-20(13)11-15-18-5-9-24-15/h1-2,5,7,9,12-13,16H,3-4,6,8,10-11H2,(H,19,21)/t12-,13+,16+/m0/s1. The molecule has 1 saturated heterocycles. The van der Waals surface area contributed by atoms with Crippen molar-refractivity contribution in [2.24, 2.45) is 5.92 Å². The molecule has 4 rings (SSSR count). The molecular weight excluding hydrogens is 326 g/mol. The van der Waals surface area contributed by atoms with Gasteiger partial charge in [-0.2, -0.15) is 0 Å². The summed E-state index contributed by atoms with van der Waals surface area (Å²) in [6.45, 7) is 3.22. The summed E-state index contributed by atoms with van der Waals surface area (Å²) in [6.07, 6.45) is 5.75. The van der Waals surface area contributed by atoms with Crippen molar-refractivity contribution in [3.63, 3.8) is 0 Å². The molecule has 0 unspecified atom stereocenters. The van der Waals surface area contributed by atoms with Crippen LogP contribution in [0.4, 0.5) is 0 Å². The number of furan rings is 1. The van der Waals surface area contributed by atoms with Crippen LogP contribution < -0.4 is 5.32 Å². The number of aromatic nitrogens is 1. The first kappa shape index (κ1) is 15.8. The van der Waals surface area contributed by atoms with E-state index < -0.39 is 0 Å². The molecular formula is C17H21N3O3S. The van der Waals surface area contributed by atoms with Crippen LogP contribution in [0.2, 0.25) is 0 Å². The van der Waals surface area contributed by atoms with Crippen LogP contribution in [0.1, 0.15) is 28.4 Å². The Labute approximate surface area is 144 Å². The fraction of sp³-hybridized carbons (Fsp3) is 0.529. The Kier molecular flexibility index (Phi) is 4.64. The van der Waals surface area contributed by atoms with E-state index in [0.29, 0.717) is 24.3 Å². The molecule has 0 bridgehead atoms. The third-order valence-corrected chi connectivity index (χ3v) is 5.69. The average molecular weight is 347 g/mol. The zero-order chi connectivity index (χ0) is 16.4. The van der Waals surface area contributed by atoms with E-state index in [1.54, 1.807) is 23.5 Å². The molecule has 1 N–H and O–H groups in total. The van der Waals surface area contributed by atoms with Crippen LogP contribution in [-0.4, -0.2) is 47.6 Å². The molecule has 2 aromatic rings. The number of amides is 1. The van der Waals surface area contributed by atoms with Gasteiger partial charge in [0.15, 0.2) is 5.76 Å². The smallest absolute Gasteiger partial charge is 0.286 e. The number of morpholine rings is 1. The first-order chi connectivity index (χ1) is 11.8. The van der Waals surface area contributed by atoms with Crippen molar-refractivity contribution >= 4 is 17.2 Å². The summed E-state index contributed by atoms with van der Waals surface area (Å²) in [7, 11) is 0. The Morgan fingerprint density at radius 2 is 2.42 bits per heavy atom. The van der Waals surface area contributed by atoms with Crippen LogP contribution in [0.5, 0.6) is 0 Å². The van der Waals surface area contributed by atoms with Gasteiger partial charge in [0.05, 0.1) is 25.5 Å². The Morgan fingerprint density at radius 3 is 3.21 bits per heavy atom. The first-order valence-corrected chi connectivity index (χ1v) is 9.25. The highest BCUT2D eigenvalue weighted by atomic mass is 32.1. The predicted molar refractivity (Wildman–Crippen MR) is 89.8 cm³/mol. The number of nitrogens with one attached hydrogen (secondary N) is 1. The second-order valence-corrected chi connectivity index (χ2v) is 7.30. The lowest BCUT2D eigenvalue weighted by Crippen LogP contribution is -2.50. The Morgan fingerprint density at radius 1 is 1.46 bits per heavy atom. The summed E-state index contributed by atoms with van der Waals surface area (Å²) >= 11 is 1.70.